The zero-order chi connectivity index (χ0) is 18.3. The minimum absolute atomic E-state index is 0.367. The fourth-order valence-electron chi connectivity index (χ4n) is 3.34. The second kappa shape index (κ2) is 6.07. The molecule has 1 aliphatic heterocycles. The first-order valence-electron chi connectivity index (χ1n) is 8.18. The van der Waals surface area contributed by atoms with E-state index in [0.29, 0.717) is 48.8 Å². The van der Waals surface area contributed by atoms with Gasteiger partial charge in [0.25, 0.3) is 0 Å². The molecule has 1 fully saturated rings. The van der Waals surface area contributed by atoms with Crippen LogP contribution in [0.25, 0.3) is 22.4 Å². The minimum atomic E-state index is -1.15. The van der Waals surface area contributed by atoms with Gasteiger partial charge in [0.15, 0.2) is 0 Å². The number of piperazine rings is 1. The number of imidazole rings is 1. The predicted octanol–water partition coefficient (Wildman–Crippen LogP) is 0.300. The van der Waals surface area contributed by atoms with Crippen LogP contribution in [0.1, 0.15) is 5.56 Å². The summed E-state index contributed by atoms with van der Waals surface area (Å²) in [4.78, 5) is 26.2. The van der Waals surface area contributed by atoms with Gasteiger partial charge in [-0.2, -0.15) is 5.26 Å². The summed E-state index contributed by atoms with van der Waals surface area (Å²) in [5.41, 5.74) is 3.28. The highest BCUT2D eigenvalue weighted by Gasteiger charge is 2.23. The van der Waals surface area contributed by atoms with Crippen molar-refractivity contribution in [3.8, 4) is 17.5 Å². The van der Waals surface area contributed by atoms with Gasteiger partial charge in [0.2, 0.25) is 0 Å². The zero-order valence-electron chi connectivity index (χ0n) is 14.1. The third-order valence-corrected chi connectivity index (χ3v) is 4.62. The van der Waals surface area contributed by atoms with Crippen molar-refractivity contribution < 1.29 is 9.90 Å². The fraction of sp³-hybridized carbons (Fsp3) is 0.294. The molecule has 1 saturated heterocycles. The van der Waals surface area contributed by atoms with Crippen molar-refractivity contribution >= 4 is 22.8 Å². The Kier molecular flexibility index (Phi) is 3.73. The van der Waals surface area contributed by atoms with E-state index in [1.54, 1.807) is 12.5 Å². The van der Waals surface area contributed by atoms with Crippen LogP contribution in [0.3, 0.4) is 0 Å². The lowest BCUT2D eigenvalue weighted by Crippen LogP contribution is -2.52. The molecule has 9 nitrogen and oxygen atoms in total. The number of anilines is 1. The molecule has 0 saturated carbocycles. The van der Waals surface area contributed by atoms with E-state index in [2.05, 4.69) is 25.9 Å². The highest BCUT2D eigenvalue weighted by atomic mass is 16.4. The zero-order valence-corrected chi connectivity index (χ0v) is 14.1. The van der Waals surface area contributed by atoms with E-state index in [4.69, 9.17) is 0 Å². The Balaban J connectivity index is 1.78. The molecule has 0 bridgehead atoms. The third-order valence-electron chi connectivity index (χ3n) is 4.62. The summed E-state index contributed by atoms with van der Waals surface area (Å²) in [6, 6.07) is 4.13. The maximum Gasteiger partial charge on any atom is 0.141 e. The average Bonchev–Trinajstić information content (AvgIpc) is 3.24. The van der Waals surface area contributed by atoms with E-state index in [1.807, 2.05) is 23.9 Å². The molecule has 4 rings (SSSR count). The summed E-state index contributed by atoms with van der Waals surface area (Å²) in [5.74, 6) is 0. The molecule has 0 unspecified atom stereocenters. The number of nitriles is 1. The van der Waals surface area contributed by atoms with Gasteiger partial charge in [0.1, 0.15) is 23.5 Å². The Bertz CT molecular complexity index is 1020. The van der Waals surface area contributed by atoms with Gasteiger partial charge in [-0.3, -0.25) is 0 Å². The summed E-state index contributed by atoms with van der Waals surface area (Å²) in [5, 5.41) is 21.5. The Labute approximate surface area is 149 Å². The first kappa shape index (κ1) is 16.0. The largest absolute Gasteiger partial charge is 0.530 e. The minimum Gasteiger partial charge on any atom is -0.530 e. The number of aromatic nitrogens is 4. The number of pyridine rings is 1. The molecule has 0 radical (unpaired) electrons. The molecular weight excluding hydrogens is 334 g/mol. The number of carbonyl (C=O) groups excluding carboxylic acids is 1. The predicted molar refractivity (Wildman–Crippen MR) is 92.2 cm³/mol. The number of aromatic amines is 1. The number of hydrogen-bond acceptors (Lipinski definition) is 6. The highest BCUT2D eigenvalue weighted by molar-refractivity contribution is 5.99. The maximum atomic E-state index is 11.0. The molecule has 0 aliphatic carbocycles. The van der Waals surface area contributed by atoms with Crippen LogP contribution in [-0.4, -0.2) is 56.7 Å². The van der Waals surface area contributed by atoms with Gasteiger partial charge in [0.05, 0.1) is 28.7 Å². The van der Waals surface area contributed by atoms with E-state index in [9.17, 15) is 15.2 Å². The average molecular weight is 350 g/mol. The van der Waals surface area contributed by atoms with Gasteiger partial charge < -0.3 is 29.3 Å². The Morgan fingerprint density at radius 1 is 1.31 bits per heavy atom. The molecule has 132 valence electrons. The van der Waals surface area contributed by atoms with Crippen molar-refractivity contribution in [2.75, 3.05) is 31.1 Å². The van der Waals surface area contributed by atoms with Crippen molar-refractivity contribution in [1.29, 1.82) is 5.26 Å². The van der Waals surface area contributed by atoms with E-state index >= 15 is 0 Å². The first-order valence-corrected chi connectivity index (χ1v) is 8.18. The van der Waals surface area contributed by atoms with Crippen LogP contribution >= 0.6 is 0 Å². The molecule has 1 amide bonds. The van der Waals surface area contributed by atoms with Gasteiger partial charge in [-0.25, -0.2) is 9.97 Å². The normalized spacial score (nSPS) is 14.6. The van der Waals surface area contributed by atoms with Crippen LogP contribution in [0.15, 0.2) is 24.8 Å². The standard InChI is InChI=1S/C17H17N7O2/c1-22-9-12(20-10-22)15-11(8-18)14-13(2-3-19-16(14)21-15)23-4-6-24(7-5-23)17(25)26/h2-3,9-10H,4-7H2,1H3,(H,19,21)(H,25,26)/p-1. The van der Waals surface area contributed by atoms with E-state index in [-0.39, 0.29) is 0 Å². The van der Waals surface area contributed by atoms with Crippen LogP contribution in [0, 0.1) is 11.3 Å². The van der Waals surface area contributed by atoms with E-state index < -0.39 is 6.09 Å². The summed E-state index contributed by atoms with van der Waals surface area (Å²) in [7, 11) is 1.87. The molecule has 0 atom stereocenters. The Morgan fingerprint density at radius 2 is 2.08 bits per heavy atom. The molecular formula is C17H16N7O2-. The van der Waals surface area contributed by atoms with Crippen molar-refractivity contribution in [3.63, 3.8) is 0 Å². The van der Waals surface area contributed by atoms with E-state index in [1.165, 1.54) is 4.90 Å². The molecule has 3 aromatic heterocycles. The topological polar surface area (TPSA) is 117 Å². The van der Waals surface area contributed by atoms with Crippen LogP contribution in [0.5, 0.6) is 0 Å². The van der Waals surface area contributed by atoms with Crippen LogP contribution in [-0.2, 0) is 7.05 Å². The lowest BCUT2D eigenvalue weighted by Gasteiger charge is -2.37. The van der Waals surface area contributed by atoms with Crippen molar-refractivity contribution in [2.45, 2.75) is 0 Å². The van der Waals surface area contributed by atoms with Gasteiger partial charge in [-0.15, -0.1) is 0 Å². The second-order valence-electron chi connectivity index (χ2n) is 6.20. The van der Waals surface area contributed by atoms with Gasteiger partial charge in [0, 0.05) is 45.6 Å². The Hall–Kier alpha value is -3.54. The van der Waals surface area contributed by atoms with Gasteiger partial charge in [-0.1, -0.05) is 0 Å². The molecule has 0 spiro atoms. The van der Waals surface area contributed by atoms with Crippen molar-refractivity contribution in [1.82, 2.24) is 24.4 Å². The second-order valence-corrected chi connectivity index (χ2v) is 6.20. The molecule has 3 aromatic rings. The fourth-order valence-corrected chi connectivity index (χ4v) is 3.34. The van der Waals surface area contributed by atoms with Crippen LogP contribution in [0.2, 0.25) is 0 Å². The third kappa shape index (κ3) is 2.52. The number of fused-ring (bicyclic) bond motifs is 1. The van der Waals surface area contributed by atoms with Crippen molar-refractivity contribution in [2.24, 2.45) is 7.05 Å². The number of hydrogen-bond donors (Lipinski definition) is 1. The highest BCUT2D eigenvalue weighted by Crippen LogP contribution is 2.34. The molecule has 1 aliphatic rings. The summed E-state index contributed by atoms with van der Waals surface area (Å²) < 4.78 is 1.81. The lowest BCUT2D eigenvalue weighted by atomic mass is 10.1. The van der Waals surface area contributed by atoms with Gasteiger partial charge >= 0.3 is 0 Å². The molecule has 1 N–H and O–H groups in total. The molecule has 0 aromatic carbocycles. The SMILES string of the molecule is Cn1cnc(-c2[nH]c3nccc(N4CCN(C(=O)[O-])CC4)c3c2C#N)c1. The first-order chi connectivity index (χ1) is 12.6. The van der Waals surface area contributed by atoms with Gasteiger partial charge in [-0.05, 0) is 6.07 Å². The molecule has 4 heterocycles. The number of aryl methyl sites for hydroxylation is 1. The monoisotopic (exact) mass is 350 g/mol. The molecule has 9 heteroatoms. The number of H-pyrrole nitrogens is 1. The smallest absolute Gasteiger partial charge is 0.141 e. The number of carboxylic acid groups (broad SMARTS) is 1. The number of rotatable bonds is 2. The number of carbonyl (C=O) groups is 1. The van der Waals surface area contributed by atoms with Crippen molar-refractivity contribution in [3.05, 3.63) is 30.4 Å². The Morgan fingerprint density at radius 3 is 2.69 bits per heavy atom. The van der Waals surface area contributed by atoms with Crippen LogP contribution < -0.4 is 10.0 Å². The quantitative estimate of drug-likeness (QED) is 0.710. The number of nitrogens with zero attached hydrogens (tertiary/aromatic N) is 6. The summed E-state index contributed by atoms with van der Waals surface area (Å²) in [6.07, 6.45) is 4.04. The van der Waals surface area contributed by atoms with Crippen LogP contribution in [0.4, 0.5) is 10.5 Å². The van der Waals surface area contributed by atoms with E-state index in [0.717, 1.165) is 11.1 Å². The number of amides is 1. The maximum absolute atomic E-state index is 11.0. The summed E-state index contributed by atoms with van der Waals surface area (Å²) >= 11 is 0. The number of nitrogens with one attached hydrogen (secondary N) is 1. The summed E-state index contributed by atoms with van der Waals surface area (Å²) in [6.45, 7) is 1.79. The lowest BCUT2D eigenvalue weighted by molar-refractivity contribution is -0.265. The molecule has 26 heavy (non-hydrogen) atoms.